The molecule has 1 aromatic heterocycles. The van der Waals surface area contributed by atoms with Crippen LogP contribution in [0, 0.1) is 6.92 Å². The Morgan fingerprint density at radius 1 is 0.967 bits per heavy atom. The molecule has 150 valence electrons. The third-order valence-corrected chi connectivity index (χ3v) is 5.08. The van der Waals surface area contributed by atoms with E-state index in [1.54, 1.807) is 48.3 Å². The first-order valence-corrected chi connectivity index (χ1v) is 9.64. The van der Waals surface area contributed by atoms with Crippen molar-refractivity contribution in [3.05, 3.63) is 84.2 Å². The summed E-state index contributed by atoms with van der Waals surface area (Å²) in [6.45, 7) is 3.46. The molecule has 1 N–H and O–H groups in total. The molecule has 0 saturated carbocycles. The van der Waals surface area contributed by atoms with Gasteiger partial charge in [-0.05, 0) is 61.5 Å². The zero-order valence-corrected chi connectivity index (χ0v) is 17.1. The minimum absolute atomic E-state index is 0.0506. The molecular formula is C24H22N4O2. The molecule has 0 aliphatic carbocycles. The van der Waals surface area contributed by atoms with Gasteiger partial charge in [0, 0.05) is 36.6 Å². The van der Waals surface area contributed by atoms with E-state index >= 15 is 0 Å². The quantitative estimate of drug-likeness (QED) is 0.548. The normalized spacial score (nSPS) is 10.8. The maximum atomic E-state index is 12.7. The molecule has 0 spiro atoms. The molecule has 0 atom stereocenters. The molecule has 3 aromatic carbocycles. The number of rotatable bonds is 4. The van der Waals surface area contributed by atoms with Crippen LogP contribution in [-0.2, 0) is 4.79 Å². The van der Waals surface area contributed by atoms with Crippen LogP contribution in [0.25, 0.3) is 16.7 Å². The third-order valence-electron chi connectivity index (χ3n) is 5.08. The third kappa shape index (κ3) is 3.67. The molecule has 6 heteroatoms. The molecule has 30 heavy (non-hydrogen) atoms. The molecule has 0 aliphatic rings. The minimum atomic E-state index is -0.212. The van der Waals surface area contributed by atoms with Crippen LogP contribution in [-0.4, -0.2) is 28.4 Å². The second-order valence-corrected chi connectivity index (χ2v) is 7.11. The Kier molecular flexibility index (Phi) is 5.06. The average molecular weight is 398 g/mol. The van der Waals surface area contributed by atoms with E-state index in [2.05, 4.69) is 14.9 Å². The van der Waals surface area contributed by atoms with E-state index in [-0.39, 0.29) is 11.8 Å². The topological polar surface area (TPSA) is 67.2 Å². The fourth-order valence-electron chi connectivity index (χ4n) is 3.40. The van der Waals surface area contributed by atoms with Crippen molar-refractivity contribution in [2.75, 3.05) is 17.3 Å². The number of nitrogens with zero attached hydrogens (tertiary/aromatic N) is 3. The summed E-state index contributed by atoms with van der Waals surface area (Å²) < 4.78 is 2.07. The van der Waals surface area contributed by atoms with Gasteiger partial charge in [-0.3, -0.25) is 14.2 Å². The number of amides is 2. The van der Waals surface area contributed by atoms with Gasteiger partial charge in [-0.25, -0.2) is 4.98 Å². The number of aromatic nitrogens is 2. The summed E-state index contributed by atoms with van der Waals surface area (Å²) in [7, 11) is 1.71. The Morgan fingerprint density at radius 2 is 1.67 bits per heavy atom. The monoisotopic (exact) mass is 398 g/mol. The Bertz CT molecular complexity index is 1230. The van der Waals surface area contributed by atoms with Crippen molar-refractivity contribution in [3.63, 3.8) is 0 Å². The number of para-hydroxylation sites is 1. The summed E-state index contributed by atoms with van der Waals surface area (Å²) in [6, 6.07) is 22.7. The SMILES string of the molecule is CC(=O)N(C)c1ccc(NC(=O)c2ccc3c(c2)nc(C)n3-c2ccccc2)cc1. The predicted molar refractivity (Wildman–Crippen MR) is 119 cm³/mol. The van der Waals surface area contributed by atoms with Crippen molar-refractivity contribution >= 4 is 34.2 Å². The van der Waals surface area contributed by atoms with Crippen molar-refractivity contribution < 1.29 is 9.59 Å². The van der Waals surface area contributed by atoms with Crippen LogP contribution in [0.2, 0.25) is 0 Å². The zero-order chi connectivity index (χ0) is 21.3. The summed E-state index contributed by atoms with van der Waals surface area (Å²) >= 11 is 0. The molecule has 0 unspecified atom stereocenters. The number of imidazole rings is 1. The first-order valence-electron chi connectivity index (χ1n) is 9.64. The van der Waals surface area contributed by atoms with E-state index in [1.165, 1.54) is 6.92 Å². The molecule has 4 rings (SSSR count). The summed E-state index contributed by atoms with van der Waals surface area (Å²) in [5, 5.41) is 2.89. The van der Waals surface area contributed by atoms with Gasteiger partial charge in [0.15, 0.2) is 0 Å². The van der Waals surface area contributed by atoms with Gasteiger partial charge in [-0.2, -0.15) is 0 Å². The Morgan fingerprint density at radius 3 is 2.33 bits per heavy atom. The van der Waals surface area contributed by atoms with E-state index in [4.69, 9.17) is 0 Å². The van der Waals surface area contributed by atoms with Crippen molar-refractivity contribution in [2.24, 2.45) is 0 Å². The van der Waals surface area contributed by atoms with Gasteiger partial charge in [0.05, 0.1) is 11.0 Å². The highest BCUT2D eigenvalue weighted by molar-refractivity contribution is 6.06. The number of carbonyl (C=O) groups is 2. The summed E-state index contributed by atoms with van der Waals surface area (Å²) in [4.78, 5) is 30.4. The Hall–Kier alpha value is -3.93. The van der Waals surface area contributed by atoms with Crippen LogP contribution in [0.5, 0.6) is 0 Å². The minimum Gasteiger partial charge on any atom is -0.322 e. The molecule has 6 nitrogen and oxygen atoms in total. The molecule has 0 fully saturated rings. The van der Waals surface area contributed by atoms with Crippen LogP contribution < -0.4 is 10.2 Å². The van der Waals surface area contributed by atoms with E-state index in [0.29, 0.717) is 11.3 Å². The predicted octanol–water partition coefficient (Wildman–Crippen LogP) is 4.57. The number of hydrogen-bond donors (Lipinski definition) is 1. The molecule has 0 bridgehead atoms. The van der Waals surface area contributed by atoms with Crippen molar-refractivity contribution in [1.82, 2.24) is 9.55 Å². The van der Waals surface area contributed by atoms with Crippen LogP contribution in [0.15, 0.2) is 72.8 Å². The van der Waals surface area contributed by atoms with Gasteiger partial charge in [-0.15, -0.1) is 0 Å². The van der Waals surface area contributed by atoms with Gasteiger partial charge < -0.3 is 10.2 Å². The molecule has 0 radical (unpaired) electrons. The van der Waals surface area contributed by atoms with Crippen LogP contribution in [0.3, 0.4) is 0 Å². The maximum absolute atomic E-state index is 12.7. The second-order valence-electron chi connectivity index (χ2n) is 7.11. The van der Waals surface area contributed by atoms with E-state index in [9.17, 15) is 9.59 Å². The molecule has 0 aliphatic heterocycles. The lowest BCUT2D eigenvalue weighted by Gasteiger charge is -2.15. The summed E-state index contributed by atoms with van der Waals surface area (Å²) in [6.07, 6.45) is 0. The number of fused-ring (bicyclic) bond motifs is 1. The highest BCUT2D eigenvalue weighted by Gasteiger charge is 2.13. The number of anilines is 2. The van der Waals surface area contributed by atoms with Crippen LogP contribution in [0.1, 0.15) is 23.1 Å². The zero-order valence-electron chi connectivity index (χ0n) is 17.1. The highest BCUT2D eigenvalue weighted by Crippen LogP contribution is 2.23. The van der Waals surface area contributed by atoms with Gasteiger partial charge in [-0.1, -0.05) is 18.2 Å². The highest BCUT2D eigenvalue weighted by atomic mass is 16.2. The lowest BCUT2D eigenvalue weighted by atomic mass is 10.1. The number of benzene rings is 3. The van der Waals surface area contributed by atoms with Crippen molar-refractivity contribution in [1.29, 1.82) is 0 Å². The molecular weight excluding hydrogens is 376 g/mol. The Labute approximate surface area is 174 Å². The number of carbonyl (C=O) groups excluding carboxylic acids is 2. The van der Waals surface area contributed by atoms with E-state index in [1.807, 2.05) is 43.3 Å². The van der Waals surface area contributed by atoms with Crippen LogP contribution >= 0.6 is 0 Å². The number of aryl methyl sites for hydroxylation is 1. The van der Waals surface area contributed by atoms with Crippen molar-refractivity contribution in [2.45, 2.75) is 13.8 Å². The van der Waals surface area contributed by atoms with Gasteiger partial charge in [0.2, 0.25) is 5.91 Å². The van der Waals surface area contributed by atoms with Crippen molar-refractivity contribution in [3.8, 4) is 5.69 Å². The van der Waals surface area contributed by atoms with Gasteiger partial charge >= 0.3 is 0 Å². The van der Waals surface area contributed by atoms with Gasteiger partial charge in [0.25, 0.3) is 5.91 Å². The standard InChI is InChI=1S/C24H22N4O2/c1-16-25-22-15-18(9-14-23(22)28(16)21-7-5-4-6-8-21)24(30)26-19-10-12-20(13-11-19)27(3)17(2)29/h4-15H,1-3H3,(H,26,30). The summed E-state index contributed by atoms with van der Waals surface area (Å²) in [5.74, 6) is 0.598. The molecule has 0 saturated heterocycles. The first kappa shape index (κ1) is 19.4. The average Bonchev–Trinajstić information content (AvgIpc) is 3.09. The first-order chi connectivity index (χ1) is 14.4. The lowest BCUT2D eigenvalue weighted by molar-refractivity contribution is -0.116. The lowest BCUT2D eigenvalue weighted by Crippen LogP contribution is -2.22. The largest absolute Gasteiger partial charge is 0.322 e. The van der Waals surface area contributed by atoms with Crippen LogP contribution in [0.4, 0.5) is 11.4 Å². The Balaban J connectivity index is 1.58. The maximum Gasteiger partial charge on any atom is 0.255 e. The fourth-order valence-corrected chi connectivity index (χ4v) is 3.40. The molecule has 2 amide bonds. The smallest absolute Gasteiger partial charge is 0.255 e. The number of nitrogens with one attached hydrogen (secondary N) is 1. The number of hydrogen-bond acceptors (Lipinski definition) is 3. The molecule has 4 aromatic rings. The fraction of sp³-hybridized carbons (Fsp3) is 0.125. The second kappa shape index (κ2) is 7.83. The molecule has 1 heterocycles. The summed E-state index contributed by atoms with van der Waals surface area (Å²) in [5.41, 5.74) is 4.71. The van der Waals surface area contributed by atoms with E-state index in [0.717, 1.165) is 28.2 Å². The van der Waals surface area contributed by atoms with E-state index < -0.39 is 0 Å². The van der Waals surface area contributed by atoms with Gasteiger partial charge in [0.1, 0.15) is 5.82 Å².